The molecule has 7 heteroatoms. The quantitative estimate of drug-likeness (QED) is 0.648. The number of nitrogens with zero attached hydrogens (tertiary/aromatic N) is 2. The zero-order chi connectivity index (χ0) is 16.9. The minimum atomic E-state index is -4.65. The van der Waals surface area contributed by atoms with Crippen LogP contribution in [-0.2, 0) is 11.6 Å². The summed E-state index contributed by atoms with van der Waals surface area (Å²) in [6.45, 7) is 7.44. The first-order valence-electron chi connectivity index (χ1n) is 6.54. The molecule has 0 radical (unpaired) electrons. The van der Waals surface area contributed by atoms with Crippen molar-refractivity contribution < 1.29 is 17.6 Å². The molecule has 0 N–H and O–H groups in total. The van der Waals surface area contributed by atoms with Gasteiger partial charge in [0.05, 0.1) is 16.3 Å². The van der Waals surface area contributed by atoms with Crippen LogP contribution in [0, 0.1) is 12.7 Å². The van der Waals surface area contributed by atoms with Crippen LogP contribution >= 0.6 is 11.6 Å². The topological polar surface area (TPSA) is 17.8 Å². The summed E-state index contributed by atoms with van der Waals surface area (Å²) < 4.78 is 53.6. The molecule has 120 valence electrons. The number of aryl methyl sites for hydroxylation is 1. The van der Waals surface area contributed by atoms with Crippen LogP contribution in [0.4, 0.5) is 17.6 Å². The van der Waals surface area contributed by atoms with Gasteiger partial charge in [-0.25, -0.2) is 9.37 Å². The highest BCUT2D eigenvalue weighted by molar-refractivity contribution is 6.32. The van der Waals surface area contributed by atoms with Crippen molar-refractivity contribution in [3.05, 3.63) is 46.3 Å². The van der Waals surface area contributed by atoms with Crippen molar-refractivity contribution in [2.24, 2.45) is 0 Å². The van der Waals surface area contributed by atoms with Gasteiger partial charge in [-0.1, -0.05) is 32.4 Å². The van der Waals surface area contributed by atoms with Crippen molar-refractivity contribution >= 4 is 11.6 Å². The third-order valence-corrected chi connectivity index (χ3v) is 3.52. The summed E-state index contributed by atoms with van der Waals surface area (Å²) in [6, 6.07) is 1.16. The predicted molar refractivity (Wildman–Crippen MR) is 77.0 cm³/mol. The molecule has 2 aromatic rings. The van der Waals surface area contributed by atoms with E-state index in [9.17, 15) is 17.6 Å². The Kier molecular flexibility index (Phi) is 4.02. The Morgan fingerprint density at radius 1 is 1.14 bits per heavy atom. The summed E-state index contributed by atoms with van der Waals surface area (Å²) in [5.41, 5.74) is -0.826. The lowest BCUT2D eigenvalue weighted by Gasteiger charge is -2.15. The summed E-state index contributed by atoms with van der Waals surface area (Å²) in [7, 11) is 0. The molecule has 0 unspecified atom stereocenters. The second-order valence-electron chi connectivity index (χ2n) is 6.08. The molecule has 0 fully saturated rings. The fourth-order valence-corrected chi connectivity index (χ4v) is 2.32. The molecule has 0 aliphatic rings. The Labute approximate surface area is 130 Å². The van der Waals surface area contributed by atoms with Crippen molar-refractivity contribution in [2.75, 3.05) is 0 Å². The van der Waals surface area contributed by atoms with E-state index in [4.69, 9.17) is 11.6 Å². The molecule has 1 aromatic carbocycles. The summed E-state index contributed by atoms with van der Waals surface area (Å²) in [6.07, 6.45) is -3.06. The molecule has 1 heterocycles. The largest absolute Gasteiger partial charge is 0.416 e. The normalized spacial score (nSPS) is 12.8. The molecule has 0 bridgehead atoms. The number of rotatable bonds is 1. The van der Waals surface area contributed by atoms with Gasteiger partial charge in [-0.2, -0.15) is 13.2 Å². The number of hydrogen-bond donors (Lipinski definition) is 0. The van der Waals surface area contributed by atoms with Crippen LogP contribution in [0.2, 0.25) is 5.02 Å². The lowest BCUT2D eigenvalue weighted by molar-refractivity contribution is -0.137. The van der Waals surface area contributed by atoms with Gasteiger partial charge in [-0.3, -0.25) is 4.57 Å². The van der Waals surface area contributed by atoms with Crippen LogP contribution in [0.15, 0.2) is 18.3 Å². The van der Waals surface area contributed by atoms with Crippen molar-refractivity contribution in [3.63, 3.8) is 0 Å². The smallest absolute Gasteiger partial charge is 0.299 e. The van der Waals surface area contributed by atoms with Crippen LogP contribution in [0.25, 0.3) is 5.69 Å². The number of alkyl halides is 3. The van der Waals surface area contributed by atoms with Gasteiger partial charge in [0.25, 0.3) is 0 Å². The minimum Gasteiger partial charge on any atom is -0.299 e. The number of imidazole rings is 1. The summed E-state index contributed by atoms with van der Waals surface area (Å²) in [5.74, 6) is -0.591. The van der Waals surface area contributed by atoms with Crippen molar-refractivity contribution in [3.8, 4) is 5.69 Å². The van der Waals surface area contributed by atoms with Crippen LogP contribution in [0.5, 0.6) is 0 Å². The lowest BCUT2D eigenvalue weighted by atomic mass is 9.93. The number of aromatic nitrogens is 2. The zero-order valence-electron chi connectivity index (χ0n) is 12.5. The minimum absolute atomic E-state index is 0.129. The molecular weight excluding hydrogens is 320 g/mol. The molecule has 0 amide bonds. The average molecular weight is 335 g/mol. The van der Waals surface area contributed by atoms with Gasteiger partial charge in [0.15, 0.2) is 0 Å². The monoisotopic (exact) mass is 334 g/mol. The fourth-order valence-electron chi connectivity index (χ4n) is 2.02. The van der Waals surface area contributed by atoms with E-state index in [1.807, 2.05) is 20.8 Å². The summed E-state index contributed by atoms with van der Waals surface area (Å²) >= 11 is 5.88. The molecule has 0 atom stereocenters. The second kappa shape index (κ2) is 5.26. The van der Waals surface area contributed by atoms with Gasteiger partial charge in [-0.15, -0.1) is 0 Å². The molecule has 22 heavy (non-hydrogen) atoms. The Morgan fingerprint density at radius 3 is 2.14 bits per heavy atom. The van der Waals surface area contributed by atoms with Gasteiger partial charge in [0, 0.05) is 11.6 Å². The maximum absolute atomic E-state index is 14.2. The maximum Gasteiger partial charge on any atom is 0.416 e. The van der Waals surface area contributed by atoms with E-state index < -0.39 is 17.6 Å². The van der Waals surface area contributed by atoms with E-state index in [1.54, 1.807) is 13.1 Å². The lowest BCUT2D eigenvalue weighted by Crippen LogP contribution is -2.11. The van der Waals surface area contributed by atoms with E-state index in [2.05, 4.69) is 4.98 Å². The van der Waals surface area contributed by atoms with Crippen LogP contribution in [0.3, 0.4) is 0 Å². The number of hydrogen-bond acceptors (Lipinski definition) is 1. The molecule has 1 aromatic heterocycles. The summed E-state index contributed by atoms with van der Waals surface area (Å²) in [5, 5.41) is -0.312. The van der Waals surface area contributed by atoms with Crippen molar-refractivity contribution in [1.29, 1.82) is 0 Å². The third-order valence-electron chi connectivity index (χ3n) is 3.24. The highest BCUT2D eigenvalue weighted by Crippen LogP contribution is 2.35. The van der Waals surface area contributed by atoms with E-state index in [-0.39, 0.29) is 16.1 Å². The van der Waals surface area contributed by atoms with Crippen LogP contribution in [-0.4, -0.2) is 9.55 Å². The fraction of sp³-hybridized carbons (Fsp3) is 0.400. The molecule has 0 saturated heterocycles. The van der Waals surface area contributed by atoms with Gasteiger partial charge in [0.1, 0.15) is 17.3 Å². The first-order chi connectivity index (χ1) is 9.91. The Hall–Kier alpha value is -1.56. The number of halogens is 5. The standard InChI is InChI=1S/C15H15ClF4N2/c1-8-21-12(14(2,3)4)7-22(8)13-10(16)5-9(6-11(13)17)15(18,19)20/h5-7H,1-4H3. The van der Waals surface area contributed by atoms with Crippen LogP contribution < -0.4 is 0 Å². The Balaban J connectivity index is 2.62. The average Bonchev–Trinajstić information content (AvgIpc) is 2.69. The van der Waals surface area contributed by atoms with Crippen LogP contribution in [0.1, 0.15) is 37.9 Å². The van der Waals surface area contributed by atoms with E-state index >= 15 is 0 Å². The maximum atomic E-state index is 14.2. The molecule has 0 aliphatic heterocycles. The third kappa shape index (κ3) is 3.11. The van der Waals surface area contributed by atoms with Crippen molar-refractivity contribution in [2.45, 2.75) is 39.3 Å². The summed E-state index contributed by atoms with van der Waals surface area (Å²) in [4.78, 5) is 4.33. The first kappa shape index (κ1) is 16.8. The Bertz CT molecular complexity index is 688. The highest BCUT2D eigenvalue weighted by Gasteiger charge is 2.33. The molecule has 0 spiro atoms. The second-order valence-corrected chi connectivity index (χ2v) is 6.49. The van der Waals surface area contributed by atoms with Gasteiger partial charge in [-0.05, 0) is 19.1 Å². The van der Waals surface area contributed by atoms with Crippen molar-refractivity contribution in [1.82, 2.24) is 9.55 Å². The highest BCUT2D eigenvalue weighted by atomic mass is 35.5. The van der Waals surface area contributed by atoms with E-state index in [1.165, 1.54) is 4.57 Å². The van der Waals surface area contributed by atoms with Gasteiger partial charge >= 0.3 is 6.18 Å². The van der Waals surface area contributed by atoms with E-state index in [0.29, 0.717) is 17.6 Å². The number of benzene rings is 1. The zero-order valence-corrected chi connectivity index (χ0v) is 13.3. The molecular formula is C15H15ClF4N2. The van der Waals surface area contributed by atoms with E-state index in [0.717, 1.165) is 6.07 Å². The molecule has 2 nitrogen and oxygen atoms in total. The Morgan fingerprint density at radius 2 is 1.73 bits per heavy atom. The molecule has 0 saturated carbocycles. The molecule has 2 rings (SSSR count). The first-order valence-corrected chi connectivity index (χ1v) is 6.92. The van der Waals surface area contributed by atoms with Gasteiger partial charge in [0.2, 0.25) is 0 Å². The predicted octanol–water partition coefficient (Wildman–Crippen LogP) is 5.29. The SMILES string of the molecule is Cc1nc(C(C)(C)C)cn1-c1c(F)cc(C(F)(F)F)cc1Cl. The molecule has 0 aliphatic carbocycles. The van der Waals surface area contributed by atoms with Gasteiger partial charge < -0.3 is 0 Å².